The molecule has 8 heteroatoms. The van der Waals surface area contributed by atoms with Crippen LogP contribution in [0.4, 0.5) is 0 Å². The van der Waals surface area contributed by atoms with Crippen LogP contribution in [-0.2, 0) is 11.2 Å². The number of carboxylic acids is 1. The Morgan fingerprint density at radius 1 is 0.767 bits per heavy atom. The molecule has 8 nitrogen and oxygen atoms in total. The van der Waals surface area contributed by atoms with Crippen molar-refractivity contribution >= 4 is 11.9 Å². The van der Waals surface area contributed by atoms with Gasteiger partial charge in [-0.1, -0.05) is 61.9 Å². The molecule has 0 aliphatic heterocycles. The van der Waals surface area contributed by atoms with Gasteiger partial charge in [-0.2, -0.15) is 0 Å². The van der Waals surface area contributed by atoms with Crippen LogP contribution < -0.4 is 5.32 Å². The number of aliphatic carboxylic acids is 1. The molecule has 2 heterocycles. The minimum atomic E-state index is -1.11. The van der Waals surface area contributed by atoms with E-state index in [1.54, 1.807) is 0 Å². The van der Waals surface area contributed by atoms with Gasteiger partial charge in [0.15, 0.2) is 5.82 Å². The second kappa shape index (κ2) is 12.8. The zero-order valence-corrected chi connectivity index (χ0v) is 24.4. The lowest BCUT2D eigenvalue weighted by atomic mass is 9.78. The number of carbonyl (C=O) groups is 2. The SMILES string of the molecule is CC[C@H]1CC[C@H](c2ccc(-c3cnc(-c4ccc(C[C@H](NC(=O)c5cnc(C6CC6)nc5)C(=O)O)cc4)nc3)cc2)CC1. The van der Waals surface area contributed by atoms with Crippen LogP contribution in [0, 0.1) is 5.92 Å². The highest BCUT2D eigenvalue weighted by Crippen LogP contribution is 2.38. The summed E-state index contributed by atoms with van der Waals surface area (Å²) >= 11 is 0. The average molecular weight is 576 g/mol. The van der Waals surface area contributed by atoms with Crippen LogP contribution in [0.3, 0.4) is 0 Å². The van der Waals surface area contributed by atoms with Crippen LogP contribution >= 0.6 is 0 Å². The van der Waals surface area contributed by atoms with Crippen LogP contribution in [0.15, 0.2) is 73.3 Å². The van der Waals surface area contributed by atoms with Crippen molar-refractivity contribution in [1.29, 1.82) is 0 Å². The van der Waals surface area contributed by atoms with Gasteiger partial charge in [-0.3, -0.25) is 4.79 Å². The maximum atomic E-state index is 12.7. The Hall–Kier alpha value is -4.46. The fraction of sp³-hybridized carbons (Fsp3) is 0.371. The minimum absolute atomic E-state index is 0.137. The Morgan fingerprint density at radius 3 is 1.95 bits per heavy atom. The van der Waals surface area contributed by atoms with E-state index >= 15 is 0 Å². The number of carbonyl (C=O) groups excluding carboxylic acids is 1. The summed E-state index contributed by atoms with van der Waals surface area (Å²) < 4.78 is 0. The summed E-state index contributed by atoms with van der Waals surface area (Å²) in [6, 6.07) is 15.2. The number of nitrogens with zero attached hydrogens (tertiary/aromatic N) is 4. The van der Waals surface area contributed by atoms with Crippen LogP contribution in [-0.4, -0.2) is 43.0 Å². The summed E-state index contributed by atoms with van der Waals surface area (Å²) in [6.45, 7) is 2.30. The van der Waals surface area contributed by atoms with Crippen LogP contribution in [0.5, 0.6) is 0 Å². The molecule has 4 aromatic rings. The summed E-state index contributed by atoms with van der Waals surface area (Å²) in [5.74, 6) is 1.66. The van der Waals surface area contributed by atoms with E-state index < -0.39 is 17.9 Å². The van der Waals surface area contributed by atoms with Gasteiger partial charge in [-0.25, -0.2) is 24.7 Å². The van der Waals surface area contributed by atoms with Gasteiger partial charge in [0.1, 0.15) is 11.9 Å². The maximum absolute atomic E-state index is 12.7. The van der Waals surface area contributed by atoms with Crippen molar-refractivity contribution in [2.75, 3.05) is 0 Å². The summed E-state index contributed by atoms with van der Waals surface area (Å²) in [7, 11) is 0. The lowest BCUT2D eigenvalue weighted by molar-refractivity contribution is -0.139. The molecule has 2 aliphatic rings. The molecule has 6 rings (SSSR count). The fourth-order valence-corrected chi connectivity index (χ4v) is 5.95. The van der Waals surface area contributed by atoms with E-state index in [2.05, 4.69) is 56.4 Å². The molecule has 2 saturated carbocycles. The van der Waals surface area contributed by atoms with Crippen molar-refractivity contribution in [3.05, 3.63) is 95.8 Å². The topological polar surface area (TPSA) is 118 Å². The Kier molecular flexibility index (Phi) is 8.54. The van der Waals surface area contributed by atoms with Crippen molar-refractivity contribution in [2.45, 2.75) is 76.2 Å². The van der Waals surface area contributed by atoms with Crippen molar-refractivity contribution in [3.8, 4) is 22.5 Å². The molecule has 2 aliphatic carbocycles. The molecular weight excluding hydrogens is 538 g/mol. The highest BCUT2D eigenvalue weighted by Gasteiger charge is 2.27. The summed E-state index contributed by atoms with van der Waals surface area (Å²) in [6.07, 6.45) is 15.4. The van der Waals surface area contributed by atoms with Crippen LogP contribution in [0.1, 0.15) is 91.0 Å². The monoisotopic (exact) mass is 575 g/mol. The van der Waals surface area contributed by atoms with Crippen molar-refractivity contribution in [1.82, 2.24) is 25.3 Å². The molecule has 1 atom stereocenters. The lowest BCUT2D eigenvalue weighted by Gasteiger charge is -2.28. The minimum Gasteiger partial charge on any atom is -0.480 e. The van der Waals surface area contributed by atoms with Crippen molar-refractivity contribution in [2.24, 2.45) is 5.92 Å². The van der Waals surface area contributed by atoms with Gasteiger partial charge in [0, 0.05) is 48.3 Å². The molecule has 2 aromatic carbocycles. The number of nitrogens with one attached hydrogen (secondary N) is 1. The van der Waals surface area contributed by atoms with Gasteiger partial charge in [0.2, 0.25) is 0 Å². The normalized spacial score (nSPS) is 19.0. The van der Waals surface area contributed by atoms with Crippen LogP contribution in [0.25, 0.3) is 22.5 Å². The molecule has 43 heavy (non-hydrogen) atoms. The number of hydrogen-bond acceptors (Lipinski definition) is 6. The largest absolute Gasteiger partial charge is 0.480 e. The molecule has 0 saturated heterocycles. The predicted octanol–water partition coefficient (Wildman–Crippen LogP) is 6.59. The van der Waals surface area contributed by atoms with E-state index in [9.17, 15) is 14.7 Å². The molecule has 0 unspecified atom stereocenters. The maximum Gasteiger partial charge on any atom is 0.326 e. The van der Waals surface area contributed by atoms with E-state index in [-0.39, 0.29) is 12.0 Å². The fourth-order valence-electron chi connectivity index (χ4n) is 5.95. The molecular formula is C35H37N5O3. The van der Waals surface area contributed by atoms with E-state index in [0.29, 0.717) is 17.7 Å². The van der Waals surface area contributed by atoms with Crippen LogP contribution in [0.2, 0.25) is 0 Å². The molecule has 2 aromatic heterocycles. The standard InChI is InChI=1S/C35H37N5O3/c1-2-22-3-7-24(8-4-22)25-11-13-26(14-12-25)29-18-36-32(37-19-29)27-9-5-23(6-10-27)17-31(35(42)43)40-34(41)30-20-38-33(39-21-30)28-15-16-28/h5-6,9-14,18-22,24,28,31H,2-4,7-8,15-17H2,1H3,(H,40,41)(H,42,43)/t22-,24-,31-/m0/s1. The van der Waals surface area contributed by atoms with E-state index in [1.807, 2.05) is 36.7 Å². The van der Waals surface area contributed by atoms with Crippen molar-refractivity contribution < 1.29 is 14.7 Å². The highest BCUT2D eigenvalue weighted by atomic mass is 16.4. The quantitative estimate of drug-likeness (QED) is 0.219. The Morgan fingerprint density at radius 2 is 1.37 bits per heavy atom. The number of hydrogen-bond donors (Lipinski definition) is 2. The van der Waals surface area contributed by atoms with Gasteiger partial charge in [0.25, 0.3) is 5.91 Å². The second-order valence-corrected chi connectivity index (χ2v) is 11.9. The highest BCUT2D eigenvalue weighted by molar-refractivity contribution is 5.96. The smallest absolute Gasteiger partial charge is 0.326 e. The number of rotatable bonds is 10. The molecule has 0 radical (unpaired) electrons. The number of amides is 1. The Labute approximate surface area is 252 Å². The summed E-state index contributed by atoms with van der Waals surface area (Å²) in [4.78, 5) is 42.3. The first kappa shape index (κ1) is 28.6. The number of aromatic nitrogens is 4. The first-order chi connectivity index (χ1) is 21.0. The third-order valence-corrected chi connectivity index (χ3v) is 8.92. The van der Waals surface area contributed by atoms with Crippen molar-refractivity contribution in [3.63, 3.8) is 0 Å². The van der Waals surface area contributed by atoms with Gasteiger partial charge in [0.05, 0.1) is 5.56 Å². The molecule has 0 spiro atoms. The molecule has 2 N–H and O–H groups in total. The third kappa shape index (κ3) is 6.96. The molecule has 220 valence electrons. The van der Waals surface area contributed by atoms with E-state index in [4.69, 9.17) is 0 Å². The predicted molar refractivity (Wildman–Crippen MR) is 164 cm³/mol. The van der Waals surface area contributed by atoms with E-state index in [0.717, 1.165) is 46.8 Å². The first-order valence-electron chi connectivity index (χ1n) is 15.3. The second-order valence-electron chi connectivity index (χ2n) is 11.9. The van der Waals surface area contributed by atoms with Gasteiger partial charge >= 0.3 is 5.97 Å². The average Bonchev–Trinajstić information content (AvgIpc) is 3.91. The summed E-state index contributed by atoms with van der Waals surface area (Å²) in [5.41, 5.74) is 5.34. The molecule has 0 bridgehead atoms. The molecule has 2 fully saturated rings. The third-order valence-electron chi connectivity index (χ3n) is 8.92. The summed E-state index contributed by atoms with van der Waals surface area (Å²) in [5, 5.41) is 12.3. The number of carboxylic acid groups (broad SMARTS) is 1. The number of benzene rings is 2. The Balaban J connectivity index is 1.06. The van der Waals surface area contributed by atoms with Gasteiger partial charge < -0.3 is 10.4 Å². The van der Waals surface area contributed by atoms with Gasteiger partial charge in [-0.05, 0) is 67.1 Å². The first-order valence-corrected chi connectivity index (χ1v) is 15.3. The van der Waals surface area contributed by atoms with E-state index in [1.165, 1.54) is 50.1 Å². The molecule has 1 amide bonds. The Bertz CT molecular complexity index is 1540. The zero-order chi connectivity index (χ0) is 29.8. The lowest BCUT2D eigenvalue weighted by Crippen LogP contribution is -2.42. The van der Waals surface area contributed by atoms with Gasteiger partial charge in [-0.15, -0.1) is 0 Å². The zero-order valence-electron chi connectivity index (χ0n) is 24.4.